The molecule has 8 heteroatoms. The maximum Gasteiger partial charge on any atom is 0.573 e. The smallest absolute Gasteiger partial charge is 0.406 e. The van der Waals surface area contributed by atoms with Crippen LogP contribution in [0.4, 0.5) is 13.2 Å². The first-order chi connectivity index (χ1) is 15.3. The summed E-state index contributed by atoms with van der Waals surface area (Å²) in [7, 11) is 0. The molecule has 170 valence electrons. The molecule has 3 aromatic rings. The summed E-state index contributed by atoms with van der Waals surface area (Å²) in [5.41, 5.74) is 2.30. The van der Waals surface area contributed by atoms with E-state index in [-0.39, 0.29) is 17.7 Å². The quantitative estimate of drug-likeness (QED) is 0.403. The molecule has 0 radical (unpaired) electrons. The molecule has 0 saturated heterocycles. The van der Waals surface area contributed by atoms with Crippen molar-refractivity contribution in [2.75, 3.05) is 0 Å². The van der Waals surface area contributed by atoms with E-state index in [9.17, 15) is 18.0 Å². The van der Waals surface area contributed by atoms with E-state index in [0.29, 0.717) is 22.5 Å². The lowest BCUT2D eigenvalue weighted by Crippen LogP contribution is -2.33. The summed E-state index contributed by atoms with van der Waals surface area (Å²) in [6.45, 7) is 4.11. The van der Waals surface area contributed by atoms with Crippen LogP contribution in [-0.2, 0) is 0 Å². The fourth-order valence-electron chi connectivity index (χ4n) is 3.45. The number of carbonyl (C=O) groups is 1. The average Bonchev–Trinajstić information content (AvgIpc) is 3.23. The monoisotopic (exact) mass is 445 g/mol. The number of benzene rings is 2. The van der Waals surface area contributed by atoms with Crippen LogP contribution < -0.4 is 10.1 Å². The molecule has 1 N–H and O–H groups in total. The van der Waals surface area contributed by atoms with E-state index in [0.717, 1.165) is 25.7 Å². The highest BCUT2D eigenvalue weighted by Gasteiger charge is 2.31. The van der Waals surface area contributed by atoms with Crippen molar-refractivity contribution < 1.29 is 22.7 Å². The molecule has 0 spiro atoms. The first-order valence-electron chi connectivity index (χ1n) is 10.6. The number of alkyl halides is 3. The van der Waals surface area contributed by atoms with Gasteiger partial charge < -0.3 is 10.1 Å². The summed E-state index contributed by atoms with van der Waals surface area (Å²) in [5, 5.41) is 3.00. The van der Waals surface area contributed by atoms with Gasteiger partial charge in [0, 0.05) is 11.7 Å². The van der Waals surface area contributed by atoms with E-state index in [1.807, 2.05) is 13.0 Å². The highest BCUT2D eigenvalue weighted by atomic mass is 19.4. The molecule has 2 aromatic carbocycles. The molecule has 1 amide bonds. The largest absolute Gasteiger partial charge is 0.573 e. The zero-order valence-electron chi connectivity index (χ0n) is 18.0. The van der Waals surface area contributed by atoms with Crippen LogP contribution in [0.25, 0.3) is 16.8 Å². The van der Waals surface area contributed by atoms with Gasteiger partial charge in [-0.3, -0.25) is 9.36 Å². The second kappa shape index (κ2) is 10.3. The van der Waals surface area contributed by atoms with Crippen LogP contribution in [-0.4, -0.2) is 27.9 Å². The number of hydrogen-bond donors (Lipinski definition) is 1. The van der Waals surface area contributed by atoms with E-state index < -0.39 is 6.36 Å². The molecule has 32 heavy (non-hydrogen) atoms. The molecule has 0 aliphatic rings. The van der Waals surface area contributed by atoms with Gasteiger partial charge in [-0.2, -0.15) is 0 Å². The van der Waals surface area contributed by atoms with E-state index in [4.69, 9.17) is 0 Å². The minimum Gasteiger partial charge on any atom is -0.406 e. The van der Waals surface area contributed by atoms with Gasteiger partial charge in [0.1, 0.15) is 11.4 Å². The van der Waals surface area contributed by atoms with Crippen molar-refractivity contribution in [2.45, 2.75) is 51.9 Å². The molecule has 1 atom stereocenters. The van der Waals surface area contributed by atoms with E-state index >= 15 is 0 Å². The topological polar surface area (TPSA) is 56.2 Å². The summed E-state index contributed by atoms with van der Waals surface area (Å²) < 4.78 is 43.3. The Bertz CT molecular complexity index is 1050. The first-order valence-corrected chi connectivity index (χ1v) is 10.6. The van der Waals surface area contributed by atoms with Crippen molar-refractivity contribution in [3.63, 3.8) is 0 Å². The van der Waals surface area contributed by atoms with Gasteiger partial charge in [-0.15, -0.1) is 13.2 Å². The fourth-order valence-corrected chi connectivity index (χ4v) is 3.45. The van der Waals surface area contributed by atoms with Crippen molar-refractivity contribution in [1.29, 1.82) is 0 Å². The van der Waals surface area contributed by atoms with Crippen LogP contribution in [0.5, 0.6) is 5.75 Å². The second-order valence-electron chi connectivity index (χ2n) is 7.65. The predicted octanol–water partition coefficient (Wildman–Crippen LogP) is 6.14. The summed E-state index contributed by atoms with van der Waals surface area (Å²) in [6.07, 6.45) is 2.48. The standard InChI is InChI=1S/C24H26F3N3O2/c1-3-4-5-8-17(2)29-23(31)22-15-28-16-30(22)20-11-6-9-18(13-20)19-10-7-12-21(14-19)32-24(25,26)27/h6-7,9-17H,3-5,8H2,1-2H3,(H,29,31). The number of ether oxygens (including phenoxy) is 1. The fraction of sp³-hybridized carbons (Fsp3) is 0.333. The van der Waals surface area contributed by atoms with Gasteiger partial charge in [0.2, 0.25) is 0 Å². The zero-order chi connectivity index (χ0) is 23.1. The number of amides is 1. The maximum absolute atomic E-state index is 12.8. The SMILES string of the molecule is CCCCCC(C)NC(=O)c1cncn1-c1cccc(-c2cccc(OC(F)(F)F)c2)c1. The van der Waals surface area contributed by atoms with Gasteiger partial charge in [0.05, 0.1) is 12.5 Å². The van der Waals surface area contributed by atoms with Crippen LogP contribution in [0.3, 0.4) is 0 Å². The molecule has 0 saturated carbocycles. The average molecular weight is 445 g/mol. The van der Waals surface area contributed by atoms with Gasteiger partial charge >= 0.3 is 6.36 Å². The normalized spacial score (nSPS) is 12.4. The molecule has 1 heterocycles. The Morgan fingerprint density at radius 1 is 1.12 bits per heavy atom. The minimum atomic E-state index is -4.76. The Hall–Kier alpha value is -3.29. The molecule has 5 nitrogen and oxygen atoms in total. The van der Waals surface area contributed by atoms with Gasteiger partial charge in [0.25, 0.3) is 5.91 Å². The third-order valence-corrected chi connectivity index (χ3v) is 5.01. The number of imidazole rings is 1. The Morgan fingerprint density at radius 3 is 2.56 bits per heavy atom. The summed E-state index contributed by atoms with van der Waals surface area (Å²) in [6, 6.07) is 13.0. The number of hydrogen-bond acceptors (Lipinski definition) is 3. The number of nitrogens with one attached hydrogen (secondary N) is 1. The molecule has 0 aliphatic carbocycles. The number of nitrogens with zero attached hydrogens (tertiary/aromatic N) is 2. The van der Waals surface area contributed by atoms with Gasteiger partial charge in [-0.1, -0.05) is 50.5 Å². The Kier molecular flexibility index (Phi) is 7.56. The lowest BCUT2D eigenvalue weighted by molar-refractivity contribution is -0.274. The minimum absolute atomic E-state index is 0.0418. The van der Waals surface area contributed by atoms with E-state index in [1.165, 1.54) is 24.4 Å². The highest BCUT2D eigenvalue weighted by molar-refractivity contribution is 5.93. The second-order valence-corrected chi connectivity index (χ2v) is 7.65. The van der Waals surface area contributed by atoms with Crippen LogP contribution in [0, 0.1) is 0 Å². The summed E-state index contributed by atoms with van der Waals surface area (Å²) in [4.78, 5) is 16.9. The van der Waals surface area contributed by atoms with Crippen LogP contribution in [0.2, 0.25) is 0 Å². The van der Waals surface area contributed by atoms with Gasteiger partial charge in [-0.05, 0) is 48.7 Å². The van der Waals surface area contributed by atoms with Gasteiger partial charge in [-0.25, -0.2) is 4.98 Å². The molecule has 0 aliphatic heterocycles. The number of aromatic nitrogens is 2. The molecular weight excluding hydrogens is 419 g/mol. The van der Waals surface area contributed by atoms with Crippen LogP contribution >= 0.6 is 0 Å². The molecular formula is C24H26F3N3O2. The van der Waals surface area contributed by atoms with Crippen molar-refractivity contribution in [1.82, 2.24) is 14.9 Å². The molecule has 1 unspecified atom stereocenters. The van der Waals surface area contributed by atoms with Crippen molar-refractivity contribution in [3.05, 3.63) is 66.7 Å². The lowest BCUT2D eigenvalue weighted by Gasteiger charge is -2.15. The zero-order valence-corrected chi connectivity index (χ0v) is 18.0. The molecule has 0 fully saturated rings. The third kappa shape index (κ3) is 6.35. The predicted molar refractivity (Wildman–Crippen MR) is 117 cm³/mol. The van der Waals surface area contributed by atoms with E-state index in [1.54, 1.807) is 35.2 Å². The number of halogens is 3. The molecule has 1 aromatic heterocycles. The number of rotatable bonds is 9. The summed E-state index contributed by atoms with van der Waals surface area (Å²) >= 11 is 0. The summed E-state index contributed by atoms with van der Waals surface area (Å²) in [5.74, 6) is -0.516. The Labute approximate surface area is 185 Å². The first kappa shape index (κ1) is 23.4. The van der Waals surface area contributed by atoms with Crippen molar-refractivity contribution in [2.24, 2.45) is 0 Å². The Morgan fingerprint density at radius 2 is 1.84 bits per heavy atom. The maximum atomic E-state index is 12.8. The van der Waals surface area contributed by atoms with E-state index in [2.05, 4.69) is 22.0 Å². The Balaban J connectivity index is 1.80. The third-order valence-electron chi connectivity index (χ3n) is 5.01. The van der Waals surface area contributed by atoms with Crippen molar-refractivity contribution >= 4 is 5.91 Å². The van der Waals surface area contributed by atoms with Crippen LogP contribution in [0.1, 0.15) is 50.0 Å². The van der Waals surface area contributed by atoms with Crippen molar-refractivity contribution in [3.8, 4) is 22.6 Å². The molecule has 0 bridgehead atoms. The lowest BCUT2D eigenvalue weighted by atomic mass is 10.0. The van der Waals surface area contributed by atoms with Crippen LogP contribution in [0.15, 0.2) is 61.1 Å². The van der Waals surface area contributed by atoms with Gasteiger partial charge in [0.15, 0.2) is 0 Å². The number of unbranched alkanes of at least 4 members (excludes halogenated alkanes) is 2. The molecule has 3 rings (SSSR count). The number of carbonyl (C=O) groups excluding carboxylic acids is 1. The highest BCUT2D eigenvalue weighted by Crippen LogP contribution is 2.29.